The van der Waals surface area contributed by atoms with E-state index in [1.165, 1.54) is 32.1 Å². The molecule has 1 aliphatic carbocycles. The lowest BCUT2D eigenvalue weighted by atomic mass is 9.78. The molecule has 0 aromatic rings. The zero-order chi connectivity index (χ0) is 17.6. The van der Waals surface area contributed by atoms with Gasteiger partial charge in [0.2, 0.25) is 0 Å². The van der Waals surface area contributed by atoms with Gasteiger partial charge in [-0.2, -0.15) is 0 Å². The lowest BCUT2D eigenvalue weighted by molar-refractivity contribution is -0.152. The van der Waals surface area contributed by atoms with Gasteiger partial charge in [0.25, 0.3) is 0 Å². The Labute approximate surface area is 147 Å². The Bertz CT molecular complexity index is 348. The predicted molar refractivity (Wildman–Crippen MR) is 95.7 cm³/mol. The van der Waals surface area contributed by atoms with Crippen molar-refractivity contribution < 1.29 is 19.1 Å². The van der Waals surface area contributed by atoms with Crippen LogP contribution >= 0.6 is 0 Å². The second kappa shape index (κ2) is 13.3. The quantitative estimate of drug-likeness (QED) is 0.369. The van der Waals surface area contributed by atoms with Gasteiger partial charge in [-0.15, -0.1) is 0 Å². The highest BCUT2D eigenvalue weighted by Gasteiger charge is 2.30. The van der Waals surface area contributed by atoms with Gasteiger partial charge in [-0.1, -0.05) is 45.4 Å². The van der Waals surface area contributed by atoms with Crippen molar-refractivity contribution in [2.75, 3.05) is 13.2 Å². The van der Waals surface area contributed by atoms with Gasteiger partial charge < -0.3 is 9.47 Å². The summed E-state index contributed by atoms with van der Waals surface area (Å²) < 4.78 is 10.5. The fourth-order valence-electron chi connectivity index (χ4n) is 3.59. The van der Waals surface area contributed by atoms with Crippen molar-refractivity contribution >= 4 is 11.9 Å². The van der Waals surface area contributed by atoms with Crippen LogP contribution < -0.4 is 0 Å². The smallest absolute Gasteiger partial charge is 0.309 e. The number of hydrogen-bond donors (Lipinski definition) is 0. The molecule has 1 saturated carbocycles. The van der Waals surface area contributed by atoms with E-state index in [2.05, 4.69) is 6.92 Å². The third-order valence-corrected chi connectivity index (χ3v) is 4.97. The van der Waals surface area contributed by atoms with Gasteiger partial charge in [-0.3, -0.25) is 9.59 Å². The Balaban J connectivity index is 2.41. The standard InChI is InChI=1S/C20H36O4/c1-3-5-6-10-16-24-20(22)18(17-12-8-7-9-13-17)14-11-15-19(21)23-4-2/h17-18H,3-16H2,1-2H3. The van der Waals surface area contributed by atoms with Crippen molar-refractivity contribution in [3.63, 3.8) is 0 Å². The van der Waals surface area contributed by atoms with Crippen LogP contribution in [0.25, 0.3) is 0 Å². The molecular weight excluding hydrogens is 304 g/mol. The molecule has 1 unspecified atom stereocenters. The Morgan fingerprint density at radius 1 is 0.958 bits per heavy atom. The Morgan fingerprint density at radius 3 is 2.38 bits per heavy atom. The first-order chi connectivity index (χ1) is 11.7. The fraction of sp³-hybridized carbons (Fsp3) is 0.900. The van der Waals surface area contributed by atoms with Gasteiger partial charge in [-0.05, 0) is 44.9 Å². The molecule has 0 N–H and O–H groups in total. The van der Waals surface area contributed by atoms with E-state index in [1.54, 1.807) is 0 Å². The maximum atomic E-state index is 12.5. The molecule has 0 spiro atoms. The molecule has 0 saturated heterocycles. The molecule has 0 radical (unpaired) electrons. The van der Waals surface area contributed by atoms with Crippen molar-refractivity contribution in [2.45, 2.75) is 90.9 Å². The minimum absolute atomic E-state index is 0.0362. The van der Waals surface area contributed by atoms with E-state index in [4.69, 9.17) is 9.47 Å². The van der Waals surface area contributed by atoms with Gasteiger partial charge in [0.05, 0.1) is 19.1 Å². The summed E-state index contributed by atoms with van der Waals surface area (Å²) in [6, 6.07) is 0. The highest BCUT2D eigenvalue weighted by molar-refractivity contribution is 5.73. The van der Waals surface area contributed by atoms with Crippen molar-refractivity contribution in [1.29, 1.82) is 0 Å². The maximum Gasteiger partial charge on any atom is 0.309 e. The van der Waals surface area contributed by atoms with Gasteiger partial charge in [0, 0.05) is 6.42 Å². The summed E-state index contributed by atoms with van der Waals surface area (Å²) in [5.74, 6) is 0.199. The van der Waals surface area contributed by atoms with E-state index in [-0.39, 0.29) is 17.9 Å². The topological polar surface area (TPSA) is 52.6 Å². The molecule has 140 valence electrons. The van der Waals surface area contributed by atoms with E-state index in [9.17, 15) is 9.59 Å². The number of rotatable bonds is 12. The fourth-order valence-corrected chi connectivity index (χ4v) is 3.59. The van der Waals surface area contributed by atoms with Crippen LogP contribution in [0.15, 0.2) is 0 Å². The van der Waals surface area contributed by atoms with Crippen LogP contribution in [0.4, 0.5) is 0 Å². The van der Waals surface area contributed by atoms with Gasteiger partial charge in [-0.25, -0.2) is 0 Å². The number of carbonyl (C=O) groups is 2. The lowest BCUT2D eigenvalue weighted by Crippen LogP contribution is -2.28. The third kappa shape index (κ3) is 8.70. The molecule has 1 atom stereocenters. The molecule has 0 aliphatic heterocycles. The van der Waals surface area contributed by atoms with Gasteiger partial charge >= 0.3 is 11.9 Å². The summed E-state index contributed by atoms with van der Waals surface area (Å²) in [6.07, 6.45) is 12.3. The van der Waals surface area contributed by atoms with Crippen molar-refractivity contribution in [1.82, 2.24) is 0 Å². The number of esters is 2. The van der Waals surface area contributed by atoms with Crippen molar-refractivity contribution in [3.05, 3.63) is 0 Å². The number of unbranched alkanes of at least 4 members (excludes halogenated alkanes) is 3. The van der Waals surface area contributed by atoms with Gasteiger partial charge in [0.15, 0.2) is 0 Å². The van der Waals surface area contributed by atoms with E-state index < -0.39 is 0 Å². The summed E-state index contributed by atoms with van der Waals surface area (Å²) in [5.41, 5.74) is 0. The summed E-state index contributed by atoms with van der Waals surface area (Å²) in [7, 11) is 0. The van der Waals surface area contributed by atoms with Crippen LogP contribution in [0.3, 0.4) is 0 Å². The van der Waals surface area contributed by atoms with E-state index in [0.29, 0.717) is 32.0 Å². The summed E-state index contributed by atoms with van der Waals surface area (Å²) in [4.78, 5) is 24.0. The van der Waals surface area contributed by atoms with Crippen LogP contribution in [-0.2, 0) is 19.1 Å². The zero-order valence-electron chi connectivity index (χ0n) is 15.7. The maximum absolute atomic E-state index is 12.5. The molecule has 24 heavy (non-hydrogen) atoms. The van der Waals surface area contributed by atoms with Crippen LogP contribution in [0.5, 0.6) is 0 Å². The van der Waals surface area contributed by atoms with E-state index in [1.807, 2.05) is 6.92 Å². The van der Waals surface area contributed by atoms with E-state index in [0.717, 1.165) is 32.1 Å². The average Bonchev–Trinajstić information content (AvgIpc) is 2.59. The van der Waals surface area contributed by atoms with E-state index >= 15 is 0 Å². The minimum atomic E-state index is -0.159. The monoisotopic (exact) mass is 340 g/mol. The molecule has 1 fully saturated rings. The summed E-state index contributed by atoms with van der Waals surface area (Å²) in [6.45, 7) is 4.96. The van der Waals surface area contributed by atoms with Crippen LogP contribution in [0.1, 0.15) is 90.9 Å². The number of carbonyl (C=O) groups excluding carboxylic acids is 2. The first-order valence-electron chi connectivity index (χ1n) is 10.0. The second-order valence-corrected chi connectivity index (χ2v) is 6.93. The molecule has 0 heterocycles. The third-order valence-electron chi connectivity index (χ3n) is 4.97. The molecule has 4 nitrogen and oxygen atoms in total. The predicted octanol–water partition coefficient (Wildman–Crippen LogP) is 5.04. The molecule has 0 aromatic carbocycles. The zero-order valence-corrected chi connectivity index (χ0v) is 15.7. The summed E-state index contributed by atoms with van der Waals surface area (Å²) in [5, 5.41) is 0. The Morgan fingerprint density at radius 2 is 1.71 bits per heavy atom. The van der Waals surface area contributed by atoms with Crippen LogP contribution in [0.2, 0.25) is 0 Å². The Kier molecular flexibility index (Phi) is 11.6. The van der Waals surface area contributed by atoms with Crippen LogP contribution in [0, 0.1) is 11.8 Å². The first-order valence-corrected chi connectivity index (χ1v) is 10.0. The normalized spacial score (nSPS) is 16.6. The van der Waals surface area contributed by atoms with Crippen molar-refractivity contribution in [2.24, 2.45) is 11.8 Å². The number of hydrogen-bond acceptors (Lipinski definition) is 4. The molecule has 0 amide bonds. The molecule has 4 heteroatoms. The molecular formula is C20H36O4. The Hall–Kier alpha value is -1.06. The molecule has 1 rings (SSSR count). The highest BCUT2D eigenvalue weighted by Crippen LogP contribution is 2.33. The lowest BCUT2D eigenvalue weighted by Gasteiger charge is -2.28. The van der Waals surface area contributed by atoms with Gasteiger partial charge in [0.1, 0.15) is 0 Å². The molecule has 0 aromatic heterocycles. The molecule has 0 bridgehead atoms. The largest absolute Gasteiger partial charge is 0.466 e. The van der Waals surface area contributed by atoms with Crippen molar-refractivity contribution in [3.8, 4) is 0 Å². The second-order valence-electron chi connectivity index (χ2n) is 6.93. The number of ether oxygens (including phenoxy) is 2. The highest BCUT2D eigenvalue weighted by atomic mass is 16.5. The SMILES string of the molecule is CCCCCCOC(=O)C(CCCC(=O)OCC)C1CCCCC1. The summed E-state index contributed by atoms with van der Waals surface area (Å²) >= 11 is 0. The first kappa shape index (κ1) is 21.0. The minimum Gasteiger partial charge on any atom is -0.466 e. The molecule has 1 aliphatic rings. The average molecular weight is 341 g/mol. The van der Waals surface area contributed by atoms with Crippen LogP contribution in [-0.4, -0.2) is 25.2 Å².